The second-order valence-corrected chi connectivity index (χ2v) is 5.39. The van der Waals surface area contributed by atoms with E-state index in [9.17, 15) is 18.7 Å². The molecule has 0 aliphatic heterocycles. The number of nitrogens with zero attached hydrogens (tertiary/aromatic N) is 1. The van der Waals surface area contributed by atoms with Gasteiger partial charge in [-0.3, -0.25) is 4.79 Å². The first-order valence-electron chi connectivity index (χ1n) is 6.25. The maximum Gasteiger partial charge on any atom is 0.241 e. The van der Waals surface area contributed by atoms with Crippen LogP contribution in [0.2, 0.25) is 0 Å². The highest BCUT2D eigenvalue weighted by Crippen LogP contribution is 2.17. The van der Waals surface area contributed by atoms with E-state index in [1.54, 1.807) is 27.9 Å². The molecule has 0 saturated heterocycles. The Morgan fingerprint density at radius 1 is 1.35 bits per heavy atom. The molecule has 1 atom stereocenters. The largest absolute Gasteiger partial charge is 0.387 e. The van der Waals surface area contributed by atoms with Gasteiger partial charge in [-0.15, -0.1) is 0 Å². The van der Waals surface area contributed by atoms with Crippen LogP contribution in [-0.2, 0) is 4.79 Å². The summed E-state index contributed by atoms with van der Waals surface area (Å²) >= 11 is 0. The van der Waals surface area contributed by atoms with Crippen molar-refractivity contribution in [3.8, 4) is 0 Å². The Morgan fingerprint density at radius 2 is 1.95 bits per heavy atom. The zero-order chi connectivity index (χ0) is 15.5. The van der Waals surface area contributed by atoms with Gasteiger partial charge in [-0.25, -0.2) is 8.78 Å². The van der Waals surface area contributed by atoms with Crippen LogP contribution in [0.25, 0.3) is 0 Å². The van der Waals surface area contributed by atoms with Gasteiger partial charge < -0.3 is 15.3 Å². The highest BCUT2D eigenvalue weighted by molar-refractivity contribution is 5.85. The van der Waals surface area contributed by atoms with Crippen LogP contribution in [0.5, 0.6) is 0 Å². The Morgan fingerprint density at radius 3 is 2.45 bits per heavy atom. The van der Waals surface area contributed by atoms with Crippen LogP contribution >= 0.6 is 0 Å². The summed E-state index contributed by atoms with van der Waals surface area (Å²) in [5, 5.41) is 12.9. The first kappa shape index (κ1) is 16.5. The fourth-order valence-electron chi connectivity index (χ4n) is 1.82. The highest BCUT2D eigenvalue weighted by atomic mass is 19.2. The average molecular weight is 286 g/mol. The minimum absolute atomic E-state index is 0.0532. The molecule has 0 saturated carbocycles. The monoisotopic (exact) mass is 286 g/mol. The maximum atomic E-state index is 13.1. The fourth-order valence-corrected chi connectivity index (χ4v) is 1.82. The van der Waals surface area contributed by atoms with Crippen LogP contribution in [0.1, 0.15) is 25.5 Å². The molecule has 2 N–H and O–H groups in total. The van der Waals surface area contributed by atoms with Gasteiger partial charge in [0.1, 0.15) is 0 Å². The summed E-state index contributed by atoms with van der Waals surface area (Å²) < 4.78 is 25.9. The van der Waals surface area contributed by atoms with Crippen LogP contribution in [0.4, 0.5) is 8.78 Å². The van der Waals surface area contributed by atoms with Crippen LogP contribution in [-0.4, -0.2) is 42.1 Å². The zero-order valence-electron chi connectivity index (χ0n) is 12.1. The lowest BCUT2D eigenvalue weighted by molar-refractivity contribution is -0.134. The summed E-state index contributed by atoms with van der Waals surface area (Å²) in [6.45, 7) is 3.43. The van der Waals surface area contributed by atoms with Gasteiger partial charge in [-0.1, -0.05) is 6.07 Å². The van der Waals surface area contributed by atoms with Crippen molar-refractivity contribution in [3.05, 3.63) is 35.4 Å². The third kappa shape index (κ3) is 3.98. The number of carbonyl (C=O) groups is 1. The number of β-amino-alcohol motifs (C(OH)–C–C–N with tert-alkyl or cyclic N) is 1. The van der Waals surface area contributed by atoms with E-state index >= 15 is 0 Å². The number of likely N-dealkylation sites (N-methyl/N-ethyl adjacent to an activating group) is 1. The summed E-state index contributed by atoms with van der Waals surface area (Å²) in [5.41, 5.74) is -0.604. The number of hydrogen-bond donors (Lipinski definition) is 2. The normalized spacial score (nSPS) is 13.2. The molecule has 1 aromatic carbocycles. The SMILES string of the molecule is CN(C)C(=O)C(C)(C)NC[C@H](O)c1ccc(F)c(F)c1. The van der Waals surface area contributed by atoms with E-state index in [1.807, 2.05) is 0 Å². The number of hydrogen-bond acceptors (Lipinski definition) is 3. The lowest BCUT2D eigenvalue weighted by Crippen LogP contribution is -2.53. The number of carbonyl (C=O) groups excluding carboxylic acids is 1. The standard InChI is InChI=1S/C14H20F2N2O2/c1-14(2,13(20)18(3)4)17-8-12(19)9-5-6-10(15)11(16)7-9/h5-7,12,17,19H,8H2,1-4H3/t12-/m0/s1. The minimum Gasteiger partial charge on any atom is -0.387 e. The van der Waals surface area contributed by atoms with E-state index in [4.69, 9.17) is 0 Å². The van der Waals surface area contributed by atoms with Gasteiger partial charge in [0, 0.05) is 20.6 Å². The molecule has 0 aromatic heterocycles. The fraction of sp³-hybridized carbons (Fsp3) is 0.500. The van der Waals surface area contributed by atoms with Crippen molar-refractivity contribution in [3.63, 3.8) is 0 Å². The van der Waals surface area contributed by atoms with Crippen LogP contribution < -0.4 is 5.32 Å². The third-order valence-electron chi connectivity index (χ3n) is 3.01. The van der Waals surface area contributed by atoms with Crippen LogP contribution in [0, 0.1) is 11.6 Å². The number of amides is 1. The summed E-state index contributed by atoms with van der Waals surface area (Å²) in [5.74, 6) is -2.11. The molecule has 20 heavy (non-hydrogen) atoms. The summed E-state index contributed by atoms with van der Waals surface area (Å²) in [6, 6.07) is 3.22. The van der Waals surface area contributed by atoms with Crippen LogP contribution in [0.3, 0.4) is 0 Å². The molecule has 0 radical (unpaired) electrons. The summed E-state index contributed by atoms with van der Waals surface area (Å²) in [4.78, 5) is 13.3. The van der Waals surface area contributed by atoms with Crippen molar-refractivity contribution in [1.29, 1.82) is 0 Å². The van der Waals surface area contributed by atoms with E-state index in [0.717, 1.165) is 12.1 Å². The quantitative estimate of drug-likeness (QED) is 0.861. The van der Waals surface area contributed by atoms with Crippen LogP contribution in [0.15, 0.2) is 18.2 Å². The number of nitrogens with one attached hydrogen (secondary N) is 1. The third-order valence-corrected chi connectivity index (χ3v) is 3.01. The van der Waals surface area contributed by atoms with Crippen molar-refractivity contribution < 1.29 is 18.7 Å². The number of benzene rings is 1. The molecular formula is C14H20F2N2O2. The first-order valence-corrected chi connectivity index (χ1v) is 6.25. The molecule has 0 unspecified atom stereocenters. The molecule has 1 amide bonds. The molecular weight excluding hydrogens is 266 g/mol. The minimum atomic E-state index is -1.03. The molecule has 0 aliphatic rings. The van der Waals surface area contributed by atoms with Gasteiger partial charge in [-0.05, 0) is 31.5 Å². The van der Waals surface area contributed by atoms with E-state index in [1.165, 1.54) is 11.0 Å². The number of aliphatic hydroxyl groups is 1. The molecule has 0 heterocycles. The van der Waals surface area contributed by atoms with Crippen molar-refractivity contribution >= 4 is 5.91 Å². The molecule has 1 rings (SSSR count). The lowest BCUT2D eigenvalue weighted by atomic mass is 10.0. The summed E-state index contributed by atoms with van der Waals surface area (Å²) in [6.07, 6.45) is -1.03. The van der Waals surface area contributed by atoms with E-state index in [2.05, 4.69) is 5.32 Å². The smallest absolute Gasteiger partial charge is 0.241 e. The number of rotatable bonds is 5. The Balaban J connectivity index is 2.69. The van der Waals surface area contributed by atoms with Gasteiger partial charge >= 0.3 is 0 Å². The summed E-state index contributed by atoms with van der Waals surface area (Å²) in [7, 11) is 3.27. The maximum absolute atomic E-state index is 13.1. The number of halogens is 2. The zero-order valence-corrected chi connectivity index (χ0v) is 12.1. The first-order chi connectivity index (χ1) is 9.15. The predicted octanol–water partition coefficient (Wildman–Crippen LogP) is 1.45. The van der Waals surface area contributed by atoms with Crippen molar-refractivity contribution in [1.82, 2.24) is 10.2 Å². The van der Waals surface area contributed by atoms with Crippen molar-refractivity contribution in [2.45, 2.75) is 25.5 Å². The number of aliphatic hydroxyl groups excluding tert-OH is 1. The van der Waals surface area contributed by atoms with Gasteiger partial charge in [-0.2, -0.15) is 0 Å². The van der Waals surface area contributed by atoms with Gasteiger partial charge in [0.15, 0.2) is 11.6 Å². The highest BCUT2D eigenvalue weighted by Gasteiger charge is 2.29. The molecule has 4 nitrogen and oxygen atoms in total. The lowest BCUT2D eigenvalue weighted by Gasteiger charge is -2.29. The van der Waals surface area contributed by atoms with Gasteiger partial charge in [0.05, 0.1) is 11.6 Å². The van der Waals surface area contributed by atoms with Gasteiger partial charge in [0.2, 0.25) is 5.91 Å². The Kier molecular flexibility index (Phi) is 5.19. The van der Waals surface area contributed by atoms with E-state index in [0.29, 0.717) is 0 Å². The molecule has 6 heteroatoms. The molecule has 0 fully saturated rings. The average Bonchev–Trinajstić information content (AvgIpc) is 2.38. The Bertz CT molecular complexity index is 490. The Hall–Kier alpha value is -1.53. The molecule has 0 spiro atoms. The van der Waals surface area contributed by atoms with E-state index in [-0.39, 0.29) is 18.0 Å². The second kappa shape index (κ2) is 6.28. The van der Waals surface area contributed by atoms with Crippen molar-refractivity contribution in [2.24, 2.45) is 0 Å². The molecule has 0 bridgehead atoms. The predicted molar refractivity (Wildman–Crippen MR) is 72.1 cm³/mol. The van der Waals surface area contributed by atoms with E-state index < -0.39 is 23.3 Å². The van der Waals surface area contributed by atoms with Gasteiger partial charge in [0.25, 0.3) is 0 Å². The molecule has 0 aliphatic carbocycles. The molecule has 1 aromatic rings. The van der Waals surface area contributed by atoms with Crippen molar-refractivity contribution in [2.75, 3.05) is 20.6 Å². The Labute approximate surface area is 117 Å². The molecule has 112 valence electrons. The second-order valence-electron chi connectivity index (χ2n) is 5.39. The topological polar surface area (TPSA) is 52.6 Å².